The van der Waals surface area contributed by atoms with E-state index in [0.717, 1.165) is 23.4 Å². The Morgan fingerprint density at radius 1 is 1.05 bits per heavy atom. The van der Waals surface area contributed by atoms with Crippen LogP contribution in [-0.2, 0) is 6.42 Å². The Morgan fingerprint density at radius 2 is 1.74 bits per heavy atom. The third-order valence-electron chi connectivity index (χ3n) is 3.28. The standard InChI is InChI=1S/C17H20ClN/c1-3-8-14-9-4-7-12-17(14)19-13(2)15-10-5-6-11-16(15)18/h4-7,9-13,19H,3,8H2,1-2H3. The summed E-state index contributed by atoms with van der Waals surface area (Å²) in [5, 5.41) is 4.38. The van der Waals surface area contributed by atoms with Crippen molar-refractivity contribution in [3.63, 3.8) is 0 Å². The zero-order valence-electron chi connectivity index (χ0n) is 11.5. The van der Waals surface area contributed by atoms with Crippen LogP contribution in [0.4, 0.5) is 5.69 Å². The zero-order valence-corrected chi connectivity index (χ0v) is 12.2. The van der Waals surface area contributed by atoms with Gasteiger partial charge in [0.25, 0.3) is 0 Å². The highest BCUT2D eigenvalue weighted by molar-refractivity contribution is 6.31. The van der Waals surface area contributed by atoms with Crippen LogP contribution in [0.15, 0.2) is 48.5 Å². The van der Waals surface area contributed by atoms with Crippen LogP contribution in [0.25, 0.3) is 0 Å². The molecule has 1 N–H and O–H groups in total. The lowest BCUT2D eigenvalue weighted by molar-refractivity contribution is 0.867. The summed E-state index contributed by atoms with van der Waals surface area (Å²) in [6, 6.07) is 16.7. The van der Waals surface area contributed by atoms with E-state index in [1.807, 2.05) is 18.2 Å². The molecule has 0 aliphatic heterocycles. The fraction of sp³-hybridized carbons (Fsp3) is 0.294. The normalized spacial score (nSPS) is 12.2. The third-order valence-corrected chi connectivity index (χ3v) is 3.62. The van der Waals surface area contributed by atoms with Crippen molar-refractivity contribution in [2.24, 2.45) is 0 Å². The van der Waals surface area contributed by atoms with E-state index in [1.165, 1.54) is 11.3 Å². The number of rotatable bonds is 5. The lowest BCUT2D eigenvalue weighted by Gasteiger charge is -2.19. The van der Waals surface area contributed by atoms with Crippen molar-refractivity contribution in [1.29, 1.82) is 0 Å². The second-order valence-corrected chi connectivity index (χ2v) is 5.20. The van der Waals surface area contributed by atoms with Crippen LogP contribution < -0.4 is 5.32 Å². The highest BCUT2D eigenvalue weighted by Gasteiger charge is 2.10. The van der Waals surface area contributed by atoms with Gasteiger partial charge in [-0.15, -0.1) is 0 Å². The highest BCUT2D eigenvalue weighted by atomic mass is 35.5. The number of para-hydroxylation sites is 1. The Labute approximate surface area is 120 Å². The van der Waals surface area contributed by atoms with E-state index in [1.54, 1.807) is 0 Å². The summed E-state index contributed by atoms with van der Waals surface area (Å²) in [6.45, 7) is 4.35. The molecule has 0 saturated heterocycles. The summed E-state index contributed by atoms with van der Waals surface area (Å²) < 4.78 is 0. The average molecular weight is 274 g/mol. The predicted molar refractivity (Wildman–Crippen MR) is 83.9 cm³/mol. The maximum atomic E-state index is 6.25. The van der Waals surface area contributed by atoms with Crippen LogP contribution in [-0.4, -0.2) is 0 Å². The quantitative estimate of drug-likeness (QED) is 0.762. The second-order valence-electron chi connectivity index (χ2n) is 4.79. The SMILES string of the molecule is CCCc1ccccc1NC(C)c1ccccc1Cl. The summed E-state index contributed by atoms with van der Waals surface area (Å²) >= 11 is 6.25. The molecule has 1 nitrogen and oxygen atoms in total. The van der Waals surface area contributed by atoms with Crippen LogP contribution in [0.1, 0.15) is 37.4 Å². The Morgan fingerprint density at radius 3 is 2.47 bits per heavy atom. The van der Waals surface area contributed by atoms with Crippen molar-refractivity contribution >= 4 is 17.3 Å². The molecule has 0 heterocycles. The molecule has 0 fully saturated rings. The Hall–Kier alpha value is -1.47. The molecular formula is C17H20ClN. The summed E-state index contributed by atoms with van der Waals surface area (Å²) in [6.07, 6.45) is 2.25. The van der Waals surface area contributed by atoms with Crippen LogP contribution in [0.3, 0.4) is 0 Å². The van der Waals surface area contributed by atoms with Gasteiger partial charge in [0.15, 0.2) is 0 Å². The van der Waals surface area contributed by atoms with E-state index < -0.39 is 0 Å². The van der Waals surface area contributed by atoms with Crippen LogP contribution >= 0.6 is 11.6 Å². The lowest BCUT2D eigenvalue weighted by Crippen LogP contribution is -2.08. The molecule has 0 saturated carbocycles. The summed E-state index contributed by atoms with van der Waals surface area (Å²) in [7, 11) is 0. The Balaban J connectivity index is 2.19. The second kappa shape index (κ2) is 6.63. The van der Waals surface area contributed by atoms with Gasteiger partial charge in [-0.1, -0.05) is 61.3 Å². The van der Waals surface area contributed by atoms with Crippen LogP contribution in [0, 0.1) is 0 Å². The molecule has 0 amide bonds. The Bertz CT molecular complexity index is 536. The van der Waals surface area contributed by atoms with Gasteiger partial charge in [-0.05, 0) is 36.6 Å². The monoisotopic (exact) mass is 273 g/mol. The minimum atomic E-state index is 0.201. The molecule has 0 bridgehead atoms. The van der Waals surface area contributed by atoms with E-state index in [9.17, 15) is 0 Å². The molecule has 19 heavy (non-hydrogen) atoms. The van der Waals surface area contributed by atoms with Crippen molar-refractivity contribution in [3.05, 3.63) is 64.7 Å². The Kier molecular flexibility index (Phi) is 4.86. The van der Waals surface area contributed by atoms with Crippen LogP contribution in [0.2, 0.25) is 5.02 Å². The van der Waals surface area contributed by atoms with Gasteiger partial charge in [-0.3, -0.25) is 0 Å². The predicted octanol–water partition coefficient (Wildman–Crippen LogP) is 5.47. The third kappa shape index (κ3) is 3.51. The number of hydrogen-bond acceptors (Lipinski definition) is 1. The van der Waals surface area contributed by atoms with Crippen molar-refractivity contribution in [1.82, 2.24) is 0 Å². The van der Waals surface area contributed by atoms with Crippen LogP contribution in [0.5, 0.6) is 0 Å². The molecule has 0 spiro atoms. The van der Waals surface area contributed by atoms with Gasteiger partial charge in [0.1, 0.15) is 0 Å². The van der Waals surface area contributed by atoms with E-state index >= 15 is 0 Å². The van der Waals surface area contributed by atoms with Gasteiger partial charge in [-0.25, -0.2) is 0 Å². The molecule has 0 aromatic heterocycles. The van der Waals surface area contributed by atoms with Gasteiger partial charge in [-0.2, -0.15) is 0 Å². The molecular weight excluding hydrogens is 254 g/mol. The molecule has 2 rings (SSSR count). The van der Waals surface area contributed by atoms with Gasteiger partial charge in [0, 0.05) is 16.8 Å². The number of nitrogens with one attached hydrogen (secondary N) is 1. The number of anilines is 1. The minimum absolute atomic E-state index is 0.201. The van der Waals surface area contributed by atoms with E-state index in [4.69, 9.17) is 11.6 Å². The number of benzene rings is 2. The lowest BCUT2D eigenvalue weighted by atomic mass is 10.0. The zero-order chi connectivity index (χ0) is 13.7. The maximum absolute atomic E-state index is 6.25. The molecule has 1 unspecified atom stereocenters. The van der Waals surface area contributed by atoms with E-state index in [0.29, 0.717) is 0 Å². The first-order valence-corrected chi connectivity index (χ1v) is 7.19. The molecule has 1 atom stereocenters. The molecule has 0 radical (unpaired) electrons. The molecule has 0 aliphatic rings. The number of hydrogen-bond donors (Lipinski definition) is 1. The average Bonchev–Trinajstić information content (AvgIpc) is 2.41. The van der Waals surface area contributed by atoms with Gasteiger partial charge in [0.05, 0.1) is 0 Å². The summed E-state index contributed by atoms with van der Waals surface area (Å²) in [5.74, 6) is 0. The molecule has 2 aromatic rings. The highest BCUT2D eigenvalue weighted by Crippen LogP contribution is 2.27. The first kappa shape index (κ1) is 14.0. The van der Waals surface area contributed by atoms with Crippen molar-refractivity contribution in [2.45, 2.75) is 32.7 Å². The number of halogens is 1. The smallest absolute Gasteiger partial charge is 0.0500 e. The molecule has 2 heteroatoms. The fourth-order valence-corrected chi connectivity index (χ4v) is 2.59. The minimum Gasteiger partial charge on any atom is -0.378 e. The van der Waals surface area contributed by atoms with Crippen molar-refractivity contribution < 1.29 is 0 Å². The molecule has 2 aromatic carbocycles. The van der Waals surface area contributed by atoms with Crippen molar-refractivity contribution in [2.75, 3.05) is 5.32 Å². The van der Waals surface area contributed by atoms with E-state index in [-0.39, 0.29) is 6.04 Å². The largest absolute Gasteiger partial charge is 0.378 e. The summed E-state index contributed by atoms with van der Waals surface area (Å²) in [5.41, 5.74) is 3.70. The topological polar surface area (TPSA) is 12.0 Å². The fourth-order valence-electron chi connectivity index (χ4n) is 2.29. The first-order chi connectivity index (χ1) is 9.22. The molecule has 0 aliphatic carbocycles. The van der Waals surface area contributed by atoms with Gasteiger partial charge < -0.3 is 5.32 Å². The maximum Gasteiger partial charge on any atom is 0.0500 e. The van der Waals surface area contributed by atoms with E-state index in [2.05, 4.69) is 49.5 Å². The molecule has 100 valence electrons. The van der Waals surface area contributed by atoms with Crippen molar-refractivity contribution in [3.8, 4) is 0 Å². The van der Waals surface area contributed by atoms with Gasteiger partial charge in [0.2, 0.25) is 0 Å². The first-order valence-electron chi connectivity index (χ1n) is 6.81. The number of aryl methyl sites for hydroxylation is 1. The summed E-state index contributed by atoms with van der Waals surface area (Å²) in [4.78, 5) is 0. The van der Waals surface area contributed by atoms with Gasteiger partial charge >= 0.3 is 0 Å².